The van der Waals surface area contributed by atoms with E-state index in [1.54, 1.807) is 0 Å². The molecule has 0 spiro atoms. The van der Waals surface area contributed by atoms with Gasteiger partial charge in [0.05, 0.1) is 6.54 Å². The molecule has 0 saturated carbocycles. The monoisotopic (exact) mass is 157 g/mol. The van der Waals surface area contributed by atoms with E-state index in [1.807, 2.05) is 6.92 Å². The third-order valence-electron chi connectivity index (χ3n) is 2.48. The van der Waals surface area contributed by atoms with E-state index in [0.717, 1.165) is 6.42 Å². The second-order valence-electron chi connectivity index (χ2n) is 3.32. The van der Waals surface area contributed by atoms with Gasteiger partial charge in [0.1, 0.15) is 5.60 Å². The van der Waals surface area contributed by atoms with Gasteiger partial charge in [0.15, 0.2) is 0 Å². The van der Waals surface area contributed by atoms with Crippen molar-refractivity contribution in [2.24, 2.45) is 5.92 Å². The van der Waals surface area contributed by atoms with Crippen LogP contribution in [0.25, 0.3) is 0 Å². The van der Waals surface area contributed by atoms with Crippen LogP contribution in [0.3, 0.4) is 0 Å². The summed E-state index contributed by atoms with van der Waals surface area (Å²) in [6, 6.07) is 0. The summed E-state index contributed by atoms with van der Waals surface area (Å²) in [4.78, 5) is 10.8. The highest BCUT2D eigenvalue weighted by Crippen LogP contribution is 2.28. The number of cyclic esters (lactones) is 1. The van der Waals surface area contributed by atoms with Crippen LogP contribution in [0.2, 0.25) is 0 Å². The van der Waals surface area contributed by atoms with Crippen molar-refractivity contribution < 1.29 is 9.53 Å². The second kappa shape index (κ2) is 2.72. The molecule has 11 heavy (non-hydrogen) atoms. The van der Waals surface area contributed by atoms with Gasteiger partial charge in [-0.05, 0) is 12.3 Å². The van der Waals surface area contributed by atoms with Crippen molar-refractivity contribution >= 4 is 6.09 Å². The summed E-state index contributed by atoms with van der Waals surface area (Å²) in [5.41, 5.74) is -0.253. The van der Waals surface area contributed by atoms with Gasteiger partial charge in [-0.1, -0.05) is 20.8 Å². The fraction of sp³-hybridized carbons (Fsp3) is 0.875. The highest BCUT2D eigenvalue weighted by molar-refractivity contribution is 5.70. The summed E-state index contributed by atoms with van der Waals surface area (Å²) in [6.07, 6.45) is 0.601. The largest absolute Gasteiger partial charge is 0.441 e. The molecule has 1 aliphatic rings. The Morgan fingerprint density at radius 2 is 2.36 bits per heavy atom. The molecule has 1 heterocycles. The van der Waals surface area contributed by atoms with Crippen molar-refractivity contribution in [2.45, 2.75) is 32.8 Å². The molecule has 3 nitrogen and oxygen atoms in total. The van der Waals surface area contributed by atoms with Gasteiger partial charge >= 0.3 is 6.09 Å². The SMILES string of the molecule is CCC1(C(C)C)CNC(=O)O1. The van der Waals surface area contributed by atoms with Gasteiger partial charge in [-0.3, -0.25) is 0 Å². The average Bonchev–Trinajstić information content (AvgIpc) is 2.33. The van der Waals surface area contributed by atoms with Crippen LogP contribution in [0.4, 0.5) is 4.79 Å². The zero-order valence-corrected chi connectivity index (χ0v) is 7.31. The molecule has 0 bridgehead atoms. The van der Waals surface area contributed by atoms with Crippen LogP contribution in [-0.2, 0) is 4.74 Å². The fourth-order valence-corrected chi connectivity index (χ4v) is 1.41. The van der Waals surface area contributed by atoms with Crippen LogP contribution in [-0.4, -0.2) is 18.2 Å². The van der Waals surface area contributed by atoms with Crippen LogP contribution < -0.4 is 5.32 Å². The van der Waals surface area contributed by atoms with E-state index in [4.69, 9.17) is 4.74 Å². The first kappa shape index (κ1) is 8.37. The Hall–Kier alpha value is -0.730. The Bertz CT molecular complexity index is 167. The smallest absolute Gasteiger partial charge is 0.407 e. The van der Waals surface area contributed by atoms with Crippen molar-refractivity contribution in [3.05, 3.63) is 0 Å². The van der Waals surface area contributed by atoms with E-state index in [1.165, 1.54) is 0 Å². The lowest BCUT2D eigenvalue weighted by Crippen LogP contribution is -2.38. The molecule has 0 aromatic rings. The molecular weight excluding hydrogens is 142 g/mol. The Labute approximate surface area is 67.1 Å². The summed E-state index contributed by atoms with van der Waals surface area (Å²) < 4.78 is 5.21. The standard InChI is InChI=1S/C8H15NO2/c1-4-8(6(2)3)5-9-7(10)11-8/h6H,4-5H2,1-3H3,(H,9,10). The van der Waals surface area contributed by atoms with Crippen LogP contribution in [0.1, 0.15) is 27.2 Å². The number of nitrogens with one attached hydrogen (secondary N) is 1. The average molecular weight is 157 g/mol. The first-order valence-electron chi connectivity index (χ1n) is 4.07. The van der Waals surface area contributed by atoms with Gasteiger partial charge in [0.2, 0.25) is 0 Å². The minimum atomic E-state index is -0.277. The number of carbonyl (C=O) groups is 1. The van der Waals surface area contributed by atoms with E-state index in [9.17, 15) is 4.79 Å². The van der Waals surface area contributed by atoms with Crippen molar-refractivity contribution in [1.82, 2.24) is 5.32 Å². The first-order valence-corrected chi connectivity index (χ1v) is 4.07. The number of amides is 1. The highest BCUT2D eigenvalue weighted by atomic mass is 16.6. The summed E-state index contributed by atoms with van der Waals surface area (Å²) in [6.45, 7) is 6.84. The molecule has 1 aliphatic heterocycles. The molecule has 0 aromatic heterocycles. The van der Waals surface area contributed by atoms with Crippen molar-refractivity contribution in [3.63, 3.8) is 0 Å². The summed E-state index contributed by atoms with van der Waals surface area (Å²) in [7, 11) is 0. The lowest BCUT2D eigenvalue weighted by Gasteiger charge is -2.28. The molecule has 0 aromatic carbocycles. The van der Waals surface area contributed by atoms with Gasteiger partial charge in [0, 0.05) is 0 Å². The lowest BCUT2D eigenvalue weighted by molar-refractivity contribution is 0.0153. The Balaban J connectivity index is 2.70. The predicted octanol–water partition coefficient (Wildman–Crippen LogP) is 1.53. The van der Waals surface area contributed by atoms with Crippen LogP contribution >= 0.6 is 0 Å². The number of carbonyl (C=O) groups excluding carboxylic acids is 1. The number of hydrogen-bond donors (Lipinski definition) is 1. The second-order valence-corrected chi connectivity index (χ2v) is 3.32. The molecule has 0 aliphatic carbocycles. The first-order chi connectivity index (χ1) is 5.10. The van der Waals surface area contributed by atoms with Crippen LogP contribution in [0.15, 0.2) is 0 Å². The van der Waals surface area contributed by atoms with Crippen molar-refractivity contribution in [1.29, 1.82) is 0 Å². The lowest BCUT2D eigenvalue weighted by atomic mass is 9.88. The quantitative estimate of drug-likeness (QED) is 0.660. The molecule has 1 N–H and O–H groups in total. The third-order valence-corrected chi connectivity index (χ3v) is 2.48. The number of alkyl carbamates (subject to hydrolysis) is 1. The summed E-state index contributed by atoms with van der Waals surface area (Å²) in [5, 5.41) is 2.68. The Kier molecular flexibility index (Phi) is 2.07. The molecule has 3 heteroatoms. The maximum absolute atomic E-state index is 10.8. The van der Waals surface area contributed by atoms with Crippen molar-refractivity contribution in [3.8, 4) is 0 Å². The predicted molar refractivity (Wildman–Crippen MR) is 42.3 cm³/mol. The molecule has 1 rings (SSSR count). The maximum atomic E-state index is 10.8. The van der Waals surface area contributed by atoms with Crippen LogP contribution in [0.5, 0.6) is 0 Å². The van der Waals surface area contributed by atoms with Gasteiger partial charge in [-0.25, -0.2) is 4.79 Å². The molecule has 1 amide bonds. The number of hydrogen-bond acceptors (Lipinski definition) is 2. The normalized spacial score (nSPS) is 30.4. The topological polar surface area (TPSA) is 38.3 Å². The van der Waals surface area contributed by atoms with Gasteiger partial charge in [0.25, 0.3) is 0 Å². The van der Waals surface area contributed by atoms with E-state index < -0.39 is 0 Å². The third kappa shape index (κ3) is 1.32. The summed E-state index contributed by atoms with van der Waals surface area (Å²) >= 11 is 0. The van der Waals surface area contributed by atoms with E-state index in [2.05, 4.69) is 19.2 Å². The molecular formula is C8H15NO2. The molecule has 0 radical (unpaired) electrons. The zero-order chi connectivity index (χ0) is 8.48. The summed E-state index contributed by atoms with van der Waals surface area (Å²) in [5.74, 6) is 0.381. The molecule has 1 atom stereocenters. The molecule has 1 unspecified atom stereocenters. The highest BCUT2D eigenvalue weighted by Gasteiger charge is 2.41. The van der Waals surface area contributed by atoms with Gasteiger partial charge in [-0.15, -0.1) is 0 Å². The van der Waals surface area contributed by atoms with E-state index in [0.29, 0.717) is 12.5 Å². The van der Waals surface area contributed by atoms with Crippen molar-refractivity contribution in [2.75, 3.05) is 6.54 Å². The fourth-order valence-electron chi connectivity index (χ4n) is 1.41. The molecule has 1 saturated heterocycles. The van der Waals surface area contributed by atoms with Gasteiger partial charge in [-0.2, -0.15) is 0 Å². The van der Waals surface area contributed by atoms with Crippen LogP contribution in [0, 0.1) is 5.92 Å². The zero-order valence-electron chi connectivity index (χ0n) is 7.31. The Morgan fingerprint density at radius 3 is 2.55 bits per heavy atom. The maximum Gasteiger partial charge on any atom is 0.407 e. The number of rotatable bonds is 2. The van der Waals surface area contributed by atoms with Gasteiger partial charge < -0.3 is 10.1 Å². The molecule has 64 valence electrons. The minimum Gasteiger partial charge on any atom is -0.441 e. The Morgan fingerprint density at radius 1 is 1.73 bits per heavy atom. The minimum absolute atomic E-state index is 0.253. The molecule has 1 fully saturated rings. The van der Waals surface area contributed by atoms with E-state index >= 15 is 0 Å². The van der Waals surface area contributed by atoms with E-state index in [-0.39, 0.29) is 11.7 Å². The number of ether oxygens (including phenoxy) is 1.